The summed E-state index contributed by atoms with van der Waals surface area (Å²) in [6.45, 7) is 0. The molecule has 0 saturated heterocycles. The van der Waals surface area contributed by atoms with Gasteiger partial charge in [-0.1, -0.05) is 72.4 Å². The number of ketones is 1. The lowest BCUT2D eigenvalue weighted by Crippen LogP contribution is -2.13. The predicted molar refractivity (Wildman–Crippen MR) is 132 cm³/mol. The minimum atomic E-state index is -0.384. The zero-order valence-corrected chi connectivity index (χ0v) is 18.8. The number of carbonyl (C=O) groups is 2. The normalized spacial score (nSPS) is 10.8. The smallest absolute Gasteiger partial charge is 0.291 e. The molecule has 0 saturated carbocycles. The van der Waals surface area contributed by atoms with Gasteiger partial charge in [-0.2, -0.15) is 0 Å². The van der Waals surface area contributed by atoms with Crippen LogP contribution in [-0.4, -0.2) is 21.7 Å². The fourth-order valence-electron chi connectivity index (χ4n) is 3.60. The van der Waals surface area contributed by atoms with Crippen molar-refractivity contribution in [3.8, 4) is 0 Å². The lowest BCUT2D eigenvalue weighted by atomic mass is 10.0. The van der Waals surface area contributed by atoms with Crippen LogP contribution in [0.15, 0.2) is 107 Å². The molecular formula is C27H19N3O3S. The summed E-state index contributed by atoms with van der Waals surface area (Å²) in [6, 6.07) is 25.2. The van der Waals surface area contributed by atoms with Crippen LogP contribution in [0.3, 0.4) is 0 Å². The SMILES string of the molecule is O=C(c1ccccc1)c1cccc(NC(=O)c2oc3ccccc3c2CSc2ncccn2)c1. The third kappa shape index (κ3) is 4.60. The number of fused-ring (bicyclic) bond motifs is 1. The summed E-state index contributed by atoms with van der Waals surface area (Å²) in [5.41, 5.74) is 2.99. The van der Waals surface area contributed by atoms with Gasteiger partial charge in [0.15, 0.2) is 16.7 Å². The van der Waals surface area contributed by atoms with Gasteiger partial charge in [-0.15, -0.1) is 0 Å². The summed E-state index contributed by atoms with van der Waals surface area (Å²) in [7, 11) is 0. The van der Waals surface area contributed by atoms with Crippen molar-refractivity contribution in [1.29, 1.82) is 0 Å². The minimum Gasteiger partial charge on any atom is -0.451 e. The van der Waals surface area contributed by atoms with Crippen LogP contribution in [-0.2, 0) is 5.75 Å². The van der Waals surface area contributed by atoms with Crippen LogP contribution in [0.2, 0.25) is 0 Å². The Bertz CT molecular complexity index is 1470. The molecule has 5 rings (SSSR count). The fraction of sp³-hybridized carbons (Fsp3) is 0.0370. The Morgan fingerprint density at radius 2 is 1.56 bits per heavy atom. The number of amides is 1. The largest absolute Gasteiger partial charge is 0.451 e. The van der Waals surface area contributed by atoms with Crippen molar-refractivity contribution < 1.29 is 14.0 Å². The van der Waals surface area contributed by atoms with Crippen molar-refractivity contribution in [1.82, 2.24) is 9.97 Å². The molecule has 0 aliphatic carbocycles. The molecule has 0 unspecified atom stereocenters. The molecule has 3 aromatic carbocycles. The van der Waals surface area contributed by atoms with E-state index in [-0.39, 0.29) is 17.5 Å². The number of anilines is 1. The number of benzene rings is 3. The Labute approximate surface area is 200 Å². The van der Waals surface area contributed by atoms with E-state index in [0.29, 0.717) is 33.3 Å². The van der Waals surface area contributed by atoms with Gasteiger partial charge in [-0.25, -0.2) is 9.97 Å². The highest BCUT2D eigenvalue weighted by Gasteiger charge is 2.21. The second-order valence-corrected chi connectivity index (χ2v) is 8.40. The lowest BCUT2D eigenvalue weighted by molar-refractivity contribution is 0.0995. The zero-order valence-electron chi connectivity index (χ0n) is 18.0. The van der Waals surface area contributed by atoms with Gasteiger partial charge in [0.2, 0.25) is 0 Å². The Morgan fingerprint density at radius 3 is 2.38 bits per heavy atom. The number of furan rings is 1. The van der Waals surface area contributed by atoms with E-state index in [1.54, 1.807) is 54.9 Å². The van der Waals surface area contributed by atoms with E-state index in [0.717, 1.165) is 10.9 Å². The number of rotatable bonds is 7. The Balaban J connectivity index is 1.41. The maximum atomic E-state index is 13.2. The van der Waals surface area contributed by atoms with Crippen LogP contribution in [0, 0.1) is 0 Å². The van der Waals surface area contributed by atoms with E-state index in [4.69, 9.17) is 4.42 Å². The molecule has 2 heterocycles. The Kier molecular flexibility index (Phi) is 6.18. The van der Waals surface area contributed by atoms with Crippen molar-refractivity contribution in [3.05, 3.63) is 120 Å². The number of hydrogen-bond donors (Lipinski definition) is 1. The number of carbonyl (C=O) groups excluding carboxylic acids is 2. The molecule has 0 fully saturated rings. The van der Waals surface area contributed by atoms with Gasteiger partial charge in [-0.3, -0.25) is 9.59 Å². The quantitative estimate of drug-likeness (QED) is 0.180. The first-order chi connectivity index (χ1) is 16.7. The summed E-state index contributed by atoms with van der Waals surface area (Å²) in [5, 5.41) is 4.36. The fourth-order valence-corrected chi connectivity index (χ4v) is 4.44. The molecule has 0 bridgehead atoms. The van der Waals surface area contributed by atoms with E-state index in [1.165, 1.54) is 11.8 Å². The van der Waals surface area contributed by atoms with Crippen molar-refractivity contribution in [3.63, 3.8) is 0 Å². The number of nitrogens with zero attached hydrogens (tertiary/aromatic N) is 2. The predicted octanol–water partition coefficient (Wildman–Crippen LogP) is 6.00. The van der Waals surface area contributed by atoms with Crippen LogP contribution >= 0.6 is 11.8 Å². The topological polar surface area (TPSA) is 85.1 Å². The summed E-state index contributed by atoms with van der Waals surface area (Å²) < 4.78 is 5.94. The highest BCUT2D eigenvalue weighted by Crippen LogP contribution is 2.31. The summed E-state index contributed by atoms with van der Waals surface area (Å²) in [6.07, 6.45) is 3.36. The first-order valence-corrected chi connectivity index (χ1v) is 11.6. The van der Waals surface area contributed by atoms with E-state index < -0.39 is 0 Å². The van der Waals surface area contributed by atoms with Gasteiger partial charge in [0.25, 0.3) is 5.91 Å². The van der Waals surface area contributed by atoms with Crippen molar-refractivity contribution >= 4 is 40.1 Å². The summed E-state index contributed by atoms with van der Waals surface area (Å²) in [5.74, 6) is 0.200. The molecule has 1 N–H and O–H groups in total. The van der Waals surface area contributed by atoms with Gasteiger partial charge in [0.1, 0.15) is 5.58 Å². The lowest BCUT2D eigenvalue weighted by Gasteiger charge is -2.07. The molecule has 0 aliphatic rings. The van der Waals surface area contributed by atoms with E-state index in [1.807, 2.05) is 42.5 Å². The molecular weight excluding hydrogens is 446 g/mol. The molecule has 6 nitrogen and oxygen atoms in total. The maximum absolute atomic E-state index is 13.2. The third-order valence-electron chi connectivity index (χ3n) is 5.21. The molecule has 0 radical (unpaired) electrons. The molecule has 0 spiro atoms. The highest BCUT2D eigenvalue weighted by atomic mass is 32.2. The second-order valence-electron chi connectivity index (χ2n) is 7.46. The zero-order chi connectivity index (χ0) is 23.3. The first kappa shape index (κ1) is 21.6. The Hall–Kier alpha value is -4.23. The van der Waals surface area contributed by atoms with Crippen molar-refractivity contribution in [2.45, 2.75) is 10.9 Å². The molecule has 0 atom stereocenters. The van der Waals surface area contributed by atoms with Crippen LogP contribution < -0.4 is 5.32 Å². The molecule has 34 heavy (non-hydrogen) atoms. The molecule has 7 heteroatoms. The monoisotopic (exact) mass is 465 g/mol. The summed E-state index contributed by atoms with van der Waals surface area (Å²) in [4.78, 5) is 34.5. The highest BCUT2D eigenvalue weighted by molar-refractivity contribution is 7.98. The van der Waals surface area contributed by atoms with Crippen LogP contribution in [0.4, 0.5) is 5.69 Å². The van der Waals surface area contributed by atoms with Crippen LogP contribution in [0.1, 0.15) is 32.0 Å². The Morgan fingerprint density at radius 1 is 0.824 bits per heavy atom. The third-order valence-corrected chi connectivity index (χ3v) is 6.11. The molecule has 5 aromatic rings. The number of hydrogen-bond acceptors (Lipinski definition) is 6. The van der Waals surface area contributed by atoms with E-state index in [9.17, 15) is 9.59 Å². The maximum Gasteiger partial charge on any atom is 0.291 e. The summed E-state index contributed by atoms with van der Waals surface area (Å²) >= 11 is 1.43. The van der Waals surface area contributed by atoms with Gasteiger partial charge in [0, 0.05) is 45.9 Å². The number of aromatic nitrogens is 2. The van der Waals surface area contributed by atoms with E-state index in [2.05, 4.69) is 15.3 Å². The van der Waals surface area contributed by atoms with Crippen LogP contribution in [0.5, 0.6) is 0 Å². The van der Waals surface area contributed by atoms with Gasteiger partial charge >= 0.3 is 0 Å². The van der Waals surface area contributed by atoms with E-state index >= 15 is 0 Å². The molecule has 1 amide bonds. The standard InChI is InChI=1S/C27H19N3O3S/c31-24(18-8-2-1-3-9-18)19-10-6-11-20(16-19)30-26(32)25-22(17-34-27-28-14-7-15-29-27)21-12-4-5-13-23(21)33-25/h1-16H,17H2,(H,30,32). The van der Waals surface area contributed by atoms with Crippen molar-refractivity contribution in [2.24, 2.45) is 0 Å². The van der Waals surface area contributed by atoms with Crippen molar-refractivity contribution in [2.75, 3.05) is 5.32 Å². The first-order valence-electron chi connectivity index (χ1n) is 10.6. The number of para-hydroxylation sites is 1. The molecule has 0 aliphatic heterocycles. The van der Waals surface area contributed by atoms with Crippen LogP contribution in [0.25, 0.3) is 11.0 Å². The number of thioether (sulfide) groups is 1. The van der Waals surface area contributed by atoms with Gasteiger partial charge < -0.3 is 9.73 Å². The minimum absolute atomic E-state index is 0.111. The molecule has 166 valence electrons. The average molecular weight is 466 g/mol. The second kappa shape index (κ2) is 9.72. The molecule has 2 aromatic heterocycles. The van der Waals surface area contributed by atoms with Gasteiger partial charge in [0.05, 0.1) is 0 Å². The van der Waals surface area contributed by atoms with Gasteiger partial charge in [-0.05, 0) is 24.3 Å². The average Bonchev–Trinajstić information content (AvgIpc) is 3.27. The number of nitrogens with one attached hydrogen (secondary N) is 1.